The van der Waals surface area contributed by atoms with E-state index >= 15 is 0 Å². The van der Waals surface area contributed by atoms with Gasteiger partial charge in [-0.1, -0.05) is 41.7 Å². The highest BCUT2D eigenvalue weighted by molar-refractivity contribution is 7.16. The number of carbonyl (C=O) groups excluding carboxylic acids is 1. The first-order valence-corrected chi connectivity index (χ1v) is 11.2. The van der Waals surface area contributed by atoms with Crippen molar-refractivity contribution in [2.75, 3.05) is 14.2 Å². The third-order valence-electron chi connectivity index (χ3n) is 5.58. The van der Waals surface area contributed by atoms with E-state index in [-0.39, 0.29) is 5.56 Å². The summed E-state index contributed by atoms with van der Waals surface area (Å²) in [4.78, 5) is 30.6. The molecule has 0 aliphatic carbocycles. The zero-order valence-electron chi connectivity index (χ0n) is 18.2. The minimum atomic E-state index is -0.717. The Balaban J connectivity index is 1.74. The number of thiazole rings is 1. The van der Waals surface area contributed by atoms with Crippen molar-refractivity contribution in [3.63, 3.8) is 0 Å². The van der Waals surface area contributed by atoms with E-state index in [2.05, 4.69) is 4.99 Å². The predicted octanol–water partition coefficient (Wildman–Crippen LogP) is 4.74. The summed E-state index contributed by atoms with van der Waals surface area (Å²) in [5.41, 5.74) is 0.381. The van der Waals surface area contributed by atoms with Gasteiger partial charge < -0.3 is 18.5 Å². The van der Waals surface area contributed by atoms with Crippen LogP contribution in [0, 0.1) is 0 Å². The van der Waals surface area contributed by atoms with Gasteiger partial charge >= 0.3 is 5.63 Å². The van der Waals surface area contributed by atoms with E-state index in [9.17, 15) is 9.59 Å². The fourth-order valence-electron chi connectivity index (χ4n) is 4.00. The number of fused-ring (bicyclic) bond motifs is 4. The van der Waals surface area contributed by atoms with Crippen LogP contribution in [0.2, 0.25) is 0 Å². The number of hydrogen-bond acceptors (Lipinski definition) is 6. The quantitative estimate of drug-likeness (QED) is 0.286. The third kappa shape index (κ3) is 3.39. The molecule has 0 radical (unpaired) electrons. The van der Waals surface area contributed by atoms with Gasteiger partial charge in [-0.15, -0.1) is 0 Å². The molecule has 5 aromatic rings. The Morgan fingerprint density at radius 1 is 1.03 bits per heavy atom. The molecule has 2 heterocycles. The molecule has 1 amide bonds. The van der Waals surface area contributed by atoms with Crippen LogP contribution in [0.3, 0.4) is 0 Å². The van der Waals surface area contributed by atoms with Gasteiger partial charge in [0.25, 0.3) is 5.91 Å². The molecule has 2 aromatic heterocycles. The molecule has 0 saturated heterocycles. The van der Waals surface area contributed by atoms with Gasteiger partial charge in [0, 0.05) is 11.9 Å². The van der Waals surface area contributed by atoms with Gasteiger partial charge in [0.05, 0.1) is 14.2 Å². The highest BCUT2D eigenvalue weighted by Crippen LogP contribution is 2.35. The summed E-state index contributed by atoms with van der Waals surface area (Å²) in [7, 11) is 3.18. The molecule has 8 heteroatoms. The van der Waals surface area contributed by atoms with E-state index in [1.807, 2.05) is 54.0 Å². The van der Waals surface area contributed by atoms with Crippen LogP contribution in [-0.2, 0) is 6.54 Å². The van der Waals surface area contributed by atoms with Crippen molar-refractivity contribution >= 4 is 49.2 Å². The van der Waals surface area contributed by atoms with Gasteiger partial charge in [-0.3, -0.25) is 4.79 Å². The van der Waals surface area contributed by atoms with Crippen molar-refractivity contribution in [3.05, 3.63) is 75.4 Å². The topological polar surface area (TPSA) is 83.0 Å². The summed E-state index contributed by atoms with van der Waals surface area (Å²) in [5.74, 6) is 0.642. The van der Waals surface area contributed by atoms with Crippen LogP contribution in [-0.4, -0.2) is 24.7 Å². The highest BCUT2D eigenvalue weighted by Gasteiger charge is 2.18. The molecule has 0 aliphatic heterocycles. The lowest BCUT2D eigenvalue weighted by molar-refractivity contribution is 0.0994. The van der Waals surface area contributed by atoms with Crippen molar-refractivity contribution in [1.82, 2.24) is 4.57 Å². The molecule has 0 fully saturated rings. The monoisotopic (exact) mass is 460 g/mol. The van der Waals surface area contributed by atoms with Crippen LogP contribution in [0.1, 0.15) is 17.3 Å². The Morgan fingerprint density at radius 3 is 2.55 bits per heavy atom. The lowest BCUT2D eigenvalue weighted by Crippen LogP contribution is -2.19. The number of carbonyl (C=O) groups is 1. The van der Waals surface area contributed by atoms with Crippen LogP contribution < -0.4 is 19.9 Å². The average Bonchev–Trinajstić information content (AvgIpc) is 3.20. The van der Waals surface area contributed by atoms with Gasteiger partial charge in [0.2, 0.25) is 0 Å². The summed E-state index contributed by atoms with van der Waals surface area (Å²) in [6, 6.07) is 16.5. The smallest absolute Gasteiger partial charge is 0.349 e. The molecule has 166 valence electrons. The lowest BCUT2D eigenvalue weighted by Gasteiger charge is -2.08. The average molecular weight is 461 g/mol. The molecule has 0 atom stereocenters. The first kappa shape index (κ1) is 21.0. The number of ether oxygens (including phenoxy) is 2. The number of nitrogens with zero attached hydrogens (tertiary/aromatic N) is 2. The summed E-state index contributed by atoms with van der Waals surface area (Å²) in [6.45, 7) is 2.50. The largest absolute Gasteiger partial charge is 0.495 e. The van der Waals surface area contributed by atoms with Crippen LogP contribution in [0.5, 0.6) is 11.5 Å². The fourth-order valence-corrected chi connectivity index (χ4v) is 5.20. The van der Waals surface area contributed by atoms with Crippen LogP contribution >= 0.6 is 11.3 Å². The number of methoxy groups -OCH3 is 2. The molecule has 0 unspecified atom stereocenters. The minimum Gasteiger partial charge on any atom is -0.495 e. The molecular formula is C25H20N2O5S. The predicted molar refractivity (Wildman–Crippen MR) is 128 cm³/mol. The van der Waals surface area contributed by atoms with Gasteiger partial charge in [0.15, 0.2) is 4.80 Å². The second kappa shape index (κ2) is 8.22. The zero-order chi connectivity index (χ0) is 23.1. The molecular weight excluding hydrogens is 440 g/mol. The number of rotatable bonds is 4. The van der Waals surface area contributed by atoms with Crippen molar-refractivity contribution in [3.8, 4) is 11.5 Å². The zero-order valence-corrected chi connectivity index (χ0v) is 19.1. The number of amides is 1. The first-order valence-electron chi connectivity index (χ1n) is 10.3. The number of aryl methyl sites for hydroxylation is 1. The van der Waals surface area contributed by atoms with E-state index < -0.39 is 11.5 Å². The van der Waals surface area contributed by atoms with Gasteiger partial charge in [-0.25, -0.2) is 4.79 Å². The second-order valence-corrected chi connectivity index (χ2v) is 8.32. The van der Waals surface area contributed by atoms with Gasteiger partial charge in [0.1, 0.15) is 32.9 Å². The molecule has 33 heavy (non-hydrogen) atoms. The Morgan fingerprint density at radius 2 is 1.79 bits per heavy atom. The highest BCUT2D eigenvalue weighted by atomic mass is 32.1. The van der Waals surface area contributed by atoms with Crippen LogP contribution in [0.4, 0.5) is 0 Å². The molecule has 0 saturated carbocycles. The second-order valence-electron chi connectivity index (χ2n) is 7.34. The van der Waals surface area contributed by atoms with Gasteiger partial charge in [-0.2, -0.15) is 4.99 Å². The molecule has 7 nitrogen and oxygen atoms in total. The van der Waals surface area contributed by atoms with E-state index in [4.69, 9.17) is 13.9 Å². The van der Waals surface area contributed by atoms with E-state index in [0.717, 1.165) is 21.0 Å². The van der Waals surface area contributed by atoms with Gasteiger partial charge in [-0.05, 0) is 42.0 Å². The molecule has 0 bridgehead atoms. The molecule has 0 N–H and O–H groups in total. The Kier molecular flexibility index (Phi) is 5.22. The molecule has 0 aliphatic rings. The Hall–Kier alpha value is -3.91. The molecule has 3 aromatic carbocycles. The Bertz CT molecular complexity index is 1680. The van der Waals surface area contributed by atoms with Crippen molar-refractivity contribution < 1.29 is 18.7 Å². The third-order valence-corrected chi connectivity index (χ3v) is 6.67. The standard InChI is InChI=1S/C25H20N2O5S/c1-4-27-21-19(30-2)11-12-20(31-3)22(21)33-25(27)26-23(28)17-13-16-15-8-6-5-7-14(15)9-10-18(16)32-24(17)29/h5-13H,4H2,1-3H3. The number of hydrogen-bond donors (Lipinski definition) is 0. The molecule has 5 rings (SSSR count). The summed E-state index contributed by atoms with van der Waals surface area (Å²) in [6.07, 6.45) is 0. The SMILES string of the molecule is CCn1c(=NC(=O)c2cc3c(ccc4ccccc43)oc2=O)sc2c(OC)ccc(OC)c21. The Labute approximate surface area is 192 Å². The minimum absolute atomic E-state index is 0.113. The van der Waals surface area contributed by atoms with Crippen molar-refractivity contribution in [2.24, 2.45) is 4.99 Å². The summed E-state index contributed by atoms with van der Waals surface area (Å²) < 4.78 is 19.2. The maximum Gasteiger partial charge on any atom is 0.349 e. The maximum atomic E-state index is 13.2. The van der Waals surface area contributed by atoms with E-state index in [0.29, 0.717) is 33.8 Å². The fraction of sp³-hybridized carbons (Fsp3) is 0.160. The number of benzene rings is 3. The first-order chi connectivity index (χ1) is 16.0. The van der Waals surface area contributed by atoms with Crippen molar-refractivity contribution in [2.45, 2.75) is 13.5 Å². The normalized spacial score (nSPS) is 12.0. The maximum absolute atomic E-state index is 13.2. The lowest BCUT2D eigenvalue weighted by atomic mass is 10.0. The summed E-state index contributed by atoms with van der Waals surface area (Å²) in [5, 5.41) is 2.57. The number of aromatic nitrogens is 1. The van der Waals surface area contributed by atoms with E-state index in [1.165, 1.54) is 11.3 Å². The van der Waals surface area contributed by atoms with Crippen LogP contribution in [0.15, 0.2) is 68.8 Å². The van der Waals surface area contributed by atoms with Crippen LogP contribution in [0.25, 0.3) is 32.0 Å². The molecule has 0 spiro atoms. The van der Waals surface area contributed by atoms with E-state index in [1.54, 1.807) is 26.4 Å². The van der Waals surface area contributed by atoms with Crippen molar-refractivity contribution in [1.29, 1.82) is 0 Å². The summed E-state index contributed by atoms with van der Waals surface area (Å²) >= 11 is 1.30.